The predicted octanol–water partition coefficient (Wildman–Crippen LogP) is 2.69. The van der Waals surface area contributed by atoms with Crippen LogP contribution >= 0.6 is 22.6 Å². The average Bonchev–Trinajstić information content (AvgIpc) is 1.99. The number of hydrogen-bond donors (Lipinski definition) is 0. The maximum Gasteiger partial charge on any atom is 0.0270 e. The molecule has 0 amide bonds. The second-order valence-corrected chi connectivity index (χ2v) is 6.49. The van der Waals surface area contributed by atoms with Crippen LogP contribution in [0.3, 0.4) is 0 Å². The van der Waals surface area contributed by atoms with Gasteiger partial charge in [0.05, 0.1) is 0 Å². The summed E-state index contributed by atoms with van der Waals surface area (Å²) in [5, 5.41) is 0. The predicted molar refractivity (Wildman–Crippen MR) is 56.5 cm³/mol. The summed E-state index contributed by atoms with van der Waals surface area (Å²) >= 11 is 2.61. The Hall–Kier alpha value is -0.120. The van der Waals surface area contributed by atoms with Crippen LogP contribution in [0.15, 0.2) is 24.5 Å². The van der Waals surface area contributed by atoms with Crippen molar-refractivity contribution in [2.45, 2.75) is 28.1 Å². The summed E-state index contributed by atoms with van der Waals surface area (Å²) < 4.78 is 0.682. The van der Waals surface area contributed by atoms with Gasteiger partial charge in [-0.3, -0.25) is 4.98 Å². The van der Waals surface area contributed by atoms with Crippen molar-refractivity contribution in [2.24, 2.45) is 0 Å². The number of halogens is 1. The van der Waals surface area contributed by atoms with E-state index in [4.69, 9.17) is 0 Å². The monoisotopic (exact) mass is 271 g/mol. The molecule has 0 radical (unpaired) electrons. The second-order valence-electron chi connectivity index (χ2n) is 4.20. The summed E-state index contributed by atoms with van der Waals surface area (Å²) in [4.78, 5) is 4.05. The molecule has 12 heavy (non-hydrogen) atoms. The number of hydrogen-bond acceptors (Lipinski definition) is 1. The van der Waals surface area contributed by atoms with Crippen LogP contribution < -0.4 is 0 Å². The van der Waals surface area contributed by atoms with E-state index in [1.165, 1.54) is 24.8 Å². The lowest BCUT2D eigenvalue weighted by Gasteiger charge is -2.68. The zero-order chi connectivity index (χ0) is 8.23. The normalized spacial score (nSPS) is 43.1. The maximum atomic E-state index is 4.05. The summed E-state index contributed by atoms with van der Waals surface area (Å²) in [6, 6.07) is 4.35. The van der Waals surface area contributed by atoms with Crippen LogP contribution in [0, 0.1) is 0 Å². The first-order chi connectivity index (χ1) is 5.73. The molecule has 0 unspecified atom stereocenters. The zero-order valence-corrected chi connectivity index (χ0v) is 8.91. The highest BCUT2D eigenvalue weighted by Crippen LogP contribution is 2.72. The lowest BCUT2D eigenvalue weighted by Crippen LogP contribution is -2.65. The molecule has 3 aliphatic rings. The third kappa shape index (κ3) is 0.767. The van der Waals surface area contributed by atoms with Gasteiger partial charge in [0.15, 0.2) is 0 Å². The minimum absolute atomic E-state index is 0.574. The molecule has 3 saturated carbocycles. The van der Waals surface area contributed by atoms with E-state index >= 15 is 0 Å². The molecule has 1 aromatic heterocycles. The van der Waals surface area contributed by atoms with Gasteiger partial charge in [0.25, 0.3) is 0 Å². The maximum absolute atomic E-state index is 4.05. The van der Waals surface area contributed by atoms with Crippen LogP contribution in [0.1, 0.15) is 24.8 Å². The molecule has 62 valence electrons. The highest BCUT2D eigenvalue weighted by Gasteiger charge is 2.66. The number of alkyl halides is 1. The largest absolute Gasteiger partial charge is 0.265 e. The summed E-state index contributed by atoms with van der Waals surface area (Å²) in [5.41, 5.74) is 2.08. The summed E-state index contributed by atoms with van der Waals surface area (Å²) in [5.74, 6) is 0. The van der Waals surface area contributed by atoms with Crippen molar-refractivity contribution in [3.63, 3.8) is 0 Å². The molecule has 1 nitrogen and oxygen atoms in total. The standard InChI is InChI=1S/C10H10IN/c11-10-5-9(6-10,7-10)8-1-3-12-4-2-8/h1-4H,5-7H2. The number of nitrogens with zero attached hydrogens (tertiary/aromatic N) is 1. The Balaban J connectivity index is 1.94. The molecular formula is C10H10IN. The van der Waals surface area contributed by atoms with Crippen molar-refractivity contribution in [1.29, 1.82) is 0 Å². The van der Waals surface area contributed by atoms with Crippen molar-refractivity contribution >= 4 is 22.6 Å². The Morgan fingerprint density at radius 3 is 2.25 bits per heavy atom. The van der Waals surface area contributed by atoms with E-state index in [1.54, 1.807) is 0 Å². The van der Waals surface area contributed by atoms with Crippen LogP contribution in [0.2, 0.25) is 0 Å². The third-order valence-corrected chi connectivity index (χ3v) is 4.40. The van der Waals surface area contributed by atoms with E-state index < -0.39 is 0 Å². The molecule has 3 fully saturated rings. The van der Waals surface area contributed by atoms with Crippen molar-refractivity contribution in [3.8, 4) is 0 Å². The lowest BCUT2D eigenvalue weighted by atomic mass is 9.42. The van der Waals surface area contributed by atoms with E-state index in [0.717, 1.165) is 0 Å². The highest BCUT2D eigenvalue weighted by atomic mass is 127. The van der Waals surface area contributed by atoms with Crippen molar-refractivity contribution < 1.29 is 0 Å². The smallest absolute Gasteiger partial charge is 0.0270 e. The van der Waals surface area contributed by atoms with Gasteiger partial charge >= 0.3 is 0 Å². The zero-order valence-electron chi connectivity index (χ0n) is 6.76. The fourth-order valence-electron chi connectivity index (χ4n) is 2.68. The minimum Gasteiger partial charge on any atom is -0.265 e. The molecule has 1 aromatic rings. The van der Waals surface area contributed by atoms with Gasteiger partial charge in [-0.15, -0.1) is 0 Å². The molecule has 0 aliphatic heterocycles. The first kappa shape index (κ1) is 7.30. The first-order valence-corrected chi connectivity index (χ1v) is 5.40. The SMILES string of the molecule is IC12CC(c3ccncc3)(C1)C2. The van der Waals surface area contributed by atoms with Gasteiger partial charge in [-0.25, -0.2) is 0 Å². The van der Waals surface area contributed by atoms with E-state index in [-0.39, 0.29) is 0 Å². The van der Waals surface area contributed by atoms with Gasteiger partial charge in [-0.1, -0.05) is 22.6 Å². The van der Waals surface area contributed by atoms with Gasteiger partial charge < -0.3 is 0 Å². The molecule has 2 bridgehead atoms. The van der Waals surface area contributed by atoms with Gasteiger partial charge in [0, 0.05) is 15.8 Å². The van der Waals surface area contributed by atoms with Gasteiger partial charge in [-0.05, 0) is 42.4 Å². The van der Waals surface area contributed by atoms with Gasteiger partial charge in [0.2, 0.25) is 0 Å². The van der Waals surface area contributed by atoms with Gasteiger partial charge in [0.1, 0.15) is 0 Å². The fraction of sp³-hybridized carbons (Fsp3) is 0.500. The molecule has 4 rings (SSSR count). The Morgan fingerprint density at radius 1 is 1.17 bits per heavy atom. The van der Waals surface area contributed by atoms with E-state index in [1.807, 2.05) is 12.4 Å². The van der Waals surface area contributed by atoms with Crippen LogP contribution in [0.5, 0.6) is 0 Å². The Kier molecular flexibility index (Phi) is 1.23. The third-order valence-electron chi connectivity index (χ3n) is 3.26. The average molecular weight is 271 g/mol. The Morgan fingerprint density at radius 2 is 1.75 bits per heavy atom. The molecule has 0 saturated heterocycles. The number of aromatic nitrogens is 1. The first-order valence-electron chi connectivity index (χ1n) is 4.32. The van der Waals surface area contributed by atoms with Crippen LogP contribution in [0.25, 0.3) is 0 Å². The van der Waals surface area contributed by atoms with E-state index in [9.17, 15) is 0 Å². The summed E-state index contributed by atoms with van der Waals surface area (Å²) in [6.45, 7) is 0. The minimum atomic E-state index is 0.574. The molecule has 0 atom stereocenters. The van der Waals surface area contributed by atoms with Crippen LogP contribution in [-0.2, 0) is 5.41 Å². The van der Waals surface area contributed by atoms with Crippen LogP contribution in [-0.4, -0.2) is 8.41 Å². The summed E-state index contributed by atoms with van der Waals surface area (Å²) in [6.07, 6.45) is 8.00. The Labute approximate surface area is 85.7 Å². The van der Waals surface area contributed by atoms with E-state index in [0.29, 0.717) is 8.84 Å². The van der Waals surface area contributed by atoms with Crippen molar-refractivity contribution in [2.75, 3.05) is 0 Å². The summed E-state index contributed by atoms with van der Waals surface area (Å²) in [7, 11) is 0. The molecule has 0 N–H and O–H groups in total. The van der Waals surface area contributed by atoms with Crippen LogP contribution in [0.4, 0.5) is 0 Å². The molecule has 3 aliphatic carbocycles. The quantitative estimate of drug-likeness (QED) is 0.565. The molecule has 2 heteroatoms. The van der Waals surface area contributed by atoms with E-state index in [2.05, 4.69) is 39.7 Å². The number of rotatable bonds is 1. The van der Waals surface area contributed by atoms with Crippen molar-refractivity contribution in [3.05, 3.63) is 30.1 Å². The second kappa shape index (κ2) is 2.03. The van der Waals surface area contributed by atoms with Gasteiger partial charge in [-0.2, -0.15) is 0 Å². The Bertz CT molecular complexity index is 300. The lowest BCUT2D eigenvalue weighted by molar-refractivity contribution is 0.0219. The molecule has 0 aromatic carbocycles. The van der Waals surface area contributed by atoms with Crippen molar-refractivity contribution in [1.82, 2.24) is 4.98 Å². The topological polar surface area (TPSA) is 12.9 Å². The molecule has 1 heterocycles. The fourth-order valence-corrected chi connectivity index (χ4v) is 4.87. The highest BCUT2D eigenvalue weighted by molar-refractivity contribution is 14.1. The molecular weight excluding hydrogens is 261 g/mol. The molecule has 0 spiro atoms. The number of pyridine rings is 1.